The van der Waals surface area contributed by atoms with Crippen LogP contribution in [0.2, 0.25) is 0 Å². The van der Waals surface area contributed by atoms with Gasteiger partial charge in [-0.25, -0.2) is 0 Å². The number of hydrogen-bond donors (Lipinski definition) is 1. The normalized spacial score (nSPS) is 11.2. The minimum absolute atomic E-state index is 0.649. The molecule has 0 aliphatic carbocycles. The Morgan fingerprint density at radius 1 is 1.22 bits per heavy atom. The zero-order chi connectivity index (χ0) is 12.4. The molecule has 3 rings (SSSR count). The summed E-state index contributed by atoms with van der Waals surface area (Å²) in [7, 11) is 1.87. The third-order valence-corrected chi connectivity index (χ3v) is 2.78. The third kappa shape index (κ3) is 1.95. The smallest absolute Gasteiger partial charge is 0.160 e. The summed E-state index contributed by atoms with van der Waals surface area (Å²) in [5.74, 6) is 0.890. The number of fused-ring (bicyclic) bond motifs is 1. The first-order valence-electron chi connectivity index (χ1n) is 5.67. The van der Waals surface area contributed by atoms with Gasteiger partial charge in [0.25, 0.3) is 0 Å². The van der Waals surface area contributed by atoms with Crippen LogP contribution >= 0.6 is 0 Å². The van der Waals surface area contributed by atoms with Crippen molar-refractivity contribution in [3.8, 4) is 0 Å². The summed E-state index contributed by atoms with van der Waals surface area (Å²) in [4.78, 5) is 0. The minimum Gasteiger partial charge on any atom is -0.304 e. The lowest BCUT2D eigenvalue weighted by Crippen LogP contribution is -2.17. The maximum absolute atomic E-state index is 4.15. The fraction of sp³-hybridized carbons (Fsp3) is 0.273. The summed E-state index contributed by atoms with van der Waals surface area (Å²) in [6, 6.07) is 5.84. The second-order valence-electron chi connectivity index (χ2n) is 4.00. The number of hydrogen-bond acceptors (Lipinski definition) is 5. The van der Waals surface area contributed by atoms with E-state index in [1.54, 1.807) is 10.9 Å². The van der Waals surface area contributed by atoms with Gasteiger partial charge in [-0.2, -0.15) is 0 Å². The van der Waals surface area contributed by atoms with Gasteiger partial charge in [0.2, 0.25) is 0 Å². The van der Waals surface area contributed by atoms with Gasteiger partial charge < -0.3 is 5.32 Å². The van der Waals surface area contributed by atoms with E-state index in [4.69, 9.17) is 0 Å². The van der Waals surface area contributed by atoms with Crippen molar-refractivity contribution in [1.82, 2.24) is 34.9 Å². The Kier molecular flexibility index (Phi) is 2.73. The Morgan fingerprint density at radius 3 is 3.00 bits per heavy atom. The van der Waals surface area contributed by atoms with Crippen LogP contribution < -0.4 is 5.32 Å². The van der Waals surface area contributed by atoms with E-state index < -0.39 is 0 Å². The van der Waals surface area contributed by atoms with Gasteiger partial charge in [0.1, 0.15) is 0 Å². The summed E-state index contributed by atoms with van der Waals surface area (Å²) in [5, 5.41) is 19.2. The van der Waals surface area contributed by atoms with Crippen LogP contribution in [0.1, 0.15) is 11.5 Å². The lowest BCUT2D eigenvalue weighted by Gasteiger charge is -2.03. The van der Waals surface area contributed by atoms with Crippen LogP contribution in [-0.4, -0.2) is 29.6 Å². The van der Waals surface area contributed by atoms with Crippen LogP contribution in [-0.2, 0) is 20.1 Å². The molecule has 0 radical (unpaired) electrons. The fourth-order valence-corrected chi connectivity index (χ4v) is 1.78. The molecular weight excluding hydrogens is 230 g/mol. The van der Waals surface area contributed by atoms with E-state index >= 15 is 0 Å². The first-order chi connectivity index (χ1) is 8.84. The molecule has 0 saturated heterocycles. The quantitative estimate of drug-likeness (QED) is 0.706. The maximum Gasteiger partial charge on any atom is 0.160 e. The van der Waals surface area contributed by atoms with E-state index in [2.05, 4.69) is 25.8 Å². The number of nitrogens with zero attached hydrogens (tertiary/aromatic N) is 6. The highest BCUT2D eigenvalue weighted by atomic mass is 15.4. The standard InChI is InChI=1S/C11H13N7/c1-17-9(7-13-16-17)6-12-8-11-15-14-10-4-2-3-5-18(10)11/h2-5,7,12H,6,8H2,1H3. The molecule has 1 N–H and O–H groups in total. The van der Waals surface area contributed by atoms with Crippen molar-refractivity contribution in [3.63, 3.8) is 0 Å². The molecule has 0 aliphatic heterocycles. The summed E-state index contributed by atoms with van der Waals surface area (Å²) in [6.07, 6.45) is 3.70. The average Bonchev–Trinajstić information content (AvgIpc) is 2.97. The van der Waals surface area contributed by atoms with Gasteiger partial charge >= 0.3 is 0 Å². The topological polar surface area (TPSA) is 72.9 Å². The largest absolute Gasteiger partial charge is 0.304 e. The van der Waals surface area contributed by atoms with Crippen molar-refractivity contribution >= 4 is 5.65 Å². The van der Waals surface area contributed by atoms with Crippen LogP contribution in [0.4, 0.5) is 0 Å². The van der Waals surface area contributed by atoms with E-state index in [9.17, 15) is 0 Å². The molecular formula is C11H13N7. The summed E-state index contributed by atoms with van der Waals surface area (Å²) >= 11 is 0. The average molecular weight is 243 g/mol. The van der Waals surface area contributed by atoms with E-state index in [1.807, 2.05) is 35.8 Å². The van der Waals surface area contributed by atoms with Crippen molar-refractivity contribution in [1.29, 1.82) is 0 Å². The monoisotopic (exact) mass is 243 g/mol. The number of aromatic nitrogens is 6. The van der Waals surface area contributed by atoms with E-state index in [0.29, 0.717) is 13.1 Å². The van der Waals surface area contributed by atoms with Crippen molar-refractivity contribution < 1.29 is 0 Å². The van der Waals surface area contributed by atoms with Crippen molar-refractivity contribution in [2.45, 2.75) is 13.1 Å². The van der Waals surface area contributed by atoms with Gasteiger partial charge in [0.05, 0.1) is 18.4 Å². The minimum atomic E-state index is 0.649. The SMILES string of the molecule is Cn1nncc1CNCc1nnc2ccccn12. The zero-order valence-electron chi connectivity index (χ0n) is 9.98. The van der Waals surface area contributed by atoms with Crippen molar-refractivity contribution in [2.24, 2.45) is 7.05 Å². The van der Waals surface area contributed by atoms with E-state index in [1.165, 1.54) is 0 Å². The van der Waals surface area contributed by atoms with Crippen LogP contribution in [0.3, 0.4) is 0 Å². The summed E-state index contributed by atoms with van der Waals surface area (Å²) in [6.45, 7) is 1.35. The van der Waals surface area contributed by atoms with Crippen LogP contribution in [0, 0.1) is 0 Å². The predicted molar refractivity (Wildman–Crippen MR) is 64.5 cm³/mol. The molecule has 7 nitrogen and oxygen atoms in total. The first kappa shape index (κ1) is 10.8. The van der Waals surface area contributed by atoms with E-state index in [0.717, 1.165) is 17.2 Å². The molecule has 0 saturated carbocycles. The van der Waals surface area contributed by atoms with Crippen molar-refractivity contribution in [3.05, 3.63) is 42.1 Å². The Bertz CT molecular complexity index is 654. The molecule has 7 heteroatoms. The highest BCUT2D eigenvalue weighted by molar-refractivity contribution is 5.36. The molecule has 18 heavy (non-hydrogen) atoms. The molecule has 0 spiro atoms. The third-order valence-electron chi connectivity index (χ3n) is 2.78. The summed E-state index contributed by atoms with van der Waals surface area (Å²) < 4.78 is 3.71. The fourth-order valence-electron chi connectivity index (χ4n) is 1.78. The Labute approximate surface area is 103 Å². The molecule has 0 fully saturated rings. The Hall–Kier alpha value is -2.28. The second-order valence-corrected chi connectivity index (χ2v) is 4.00. The number of pyridine rings is 1. The molecule has 0 unspecified atom stereocenters. The molecule has 0 amide bonds. The van der Waals surface area contributed by atoms with Crippen LogP contribution in [0.25, 0.3) is 5.65 Å². The molecule has 0 aromatic carbocycles. The lowest BCUT2D eigenvalue weighted by molar-refractivity contribution is 0.602. The Morgan fingerprint density at radius 2 is 2.17 bits per heavy atom. The number of rotatable bonds is 4. The highest BCUT2D eigenvalue weighted by Crippen LogP contribution is 2.02. The van der Waals surface area contributed by atoms with Crippen LogP contribution in [0.5, 0.6) is 0 Å². The molecule has 92 valence electrons. The first-order valence-corrected chi connectivity index (χ1v) is 5.67. The van der Waals surface area contributed by atoms with Gasteiger partial charge in [-0.1, -0.05) is 11.3 Å². The van der Waals surface area contributed by atoms with Gasteiger partial charge in [-0.3, -0.25) is 9.08 Å². The zero-order valence-corrected chi connectivity index (χ0v) is 9.98. The number of nitrogens with one attached hydrogen (secondary N) is 1. The van der Waals surface area contributed by atoms with Gasteiger partial charge in [-0.15, -0.1) is 15.3 Å². The second kappa shape index (κ2) is 4.53. The van der Waals surface area contributed by atoms with Crippen LogP contribution in [0.15, 0.2) is 30.6 Å². The van der Waals surface area contributed by atoms with Gasteiger partial charge in [-0.05, 0) is 12.1 Å². The maximum atomic E-state index is 4.15. The molecule has 3 aromatic rings. The van der Waals surface area contributed by atoms with Gasteiger partial charge in [0, 0.05) is 19.8 Å². The van der Waals surface area contributed by atoms with Crippen molar-refractivity contribution in [2.75, 3.05) is 0 Å². The van der Waals surface area contributed by atoms with E-state index in [-0.39, 0.29) is 0 Å². The lowest BCUT2D eigenvalue weighted by atomic mass is 10.4. The number of aryl methyl sites for hydroxylation is 1. The van der Waals surface area contributed by atoms with Gasteiger partial charge in [0.15, 0.2) is 11.5 Å². The molecule has 0 aliphatic rings. The summed E-state index contributed by atoms with van der Waals surface area (Å²) in [5.41, 5.74) is 1.89. The molecule has 3 aromatic heterocycles. The Balaban J connectivity index is 1.68. The molecule has 0 bridgehead atoms. The molecule has 0 atom stereocenters. The highest BCUT2D eigenvalue weighted by Gasteiger charge is 2.04. The molecule has 3 heterocycles. The predicted octanol–water partition coefficient (Wildman–Crippen LogP) is 0.148.